The van der Waals surface area contributed by atoms with Crippen LogP contribution in [0.4, 0.5) is 16.3 Å². The first kappa shape index (κ1) is 27.6. The van der Waals surface area contributed by atoms with Crippen molar-refractivity contribution in [2.75, 3.05) is 32.6 Å². The summed E-state index contributed by atoms with van der Waals surface area (Å²) < 4.78 is 11.4. The molecule has 11 nitrogen and oxygen atoms in total. The van der Waals surface area contributed by atoms with Gasteiger partial charge in [0, 0.05) is 42.9 Å². The van der Waals surface area contributed by atoms with Crippen LogP contribution in [0.2, 0.25) is 0 Å². The first-order chi connectivity index (χ1) is 19.1. The molecule has 0 aliphatic heterocycles. The van der Waals surface area contributed by atoms with E-state index in [1.54, 1.807) is 28.8 Å². The molecule has 0 saturated carbocycles. The number of benzene rings is 1. The highest BCUT2D eigenvalue weighted by molar-refractivity contribution is 7.19. The molecule has 0 spiro atoms. The zero-order chi connectivity index (χ0) is 28.4. The summed E-state index contributed by atoms with van der Waals surface area (Å²) >= 11 is 1.64. The van der Waals surface area contributed by atoms with Crippen molar-refractivity contribution in [2.24, 2.45) is 5.92 Å². The van der Waals surface area contributed by atoms with Crippen LogP contribution < -0.4 is 15.4 Å². The van der Waals surface area contributed by atoms with Gasteiger partial charge in [-0.2, -0.15) is 5.10 Å². The molecule has 0 fully saturated rings. The average molecular weight is 566 g/mol. The SMILES string of the molecule is CN(C)C(=O)[C@H]1CCc2c(sc3ncnc(Nc4cc5cn[nH]c5cc4OCCCNC(=O)OC(C)(C)C)c23)C1. The maximum Gasteiger partial charge on any atom is 0.407 e. The molecule has 2 amide bonds. The first-order valence-corrected chi connectivity index (χ1v) is 14.2. The summed E-state index contributed by atoms with van der Waals surface area (Å²) in [6.45, 7) is 6.30. The smallest absolute Gasteiger partial charge is 0.407 e. The van der Waals surface area contributed by atoms with Crippen LogP contribution in [0.15, 0.2) is 24.7 Å². The summed E-state index contributed by atoms with van der Waals surface area (Å²) in [4.78, 5) is 37.4. The third-order valence-corrected chi connectivity index (χ3v) is 7.84. The van der Waals surface area contributed by atoms with E-state index in [2.05, 4.69) is 30.8 Å². The Bertz CT molecular complexity index is 1540. The summed E-state index contributed by atoms with van der Waals surface area (Å²) in [6.07, 6.45) is 5.81. The fraction of sp³-hybridized carbons (Fsp3) is 0.464. The summed E-state index contributed by atoms with van der Waals surface area (Å²) in [5.41, 5.74) is 2.28. The lowest BCUT2D eigenvalue weighted by molar-refractivity contribution is -0.133. The minimum atomic E-state index is -0.542. The summed E-state index contributed by atoms with van der Waals surface area (Å²) in [5.74, 6) is 1.51. The molecular formula is C28H35N7O4S. The Morgan fingerprint density at radius 1 is 1.23 bits per heavy atom. The highest BCUT2D eigenvalue weighted by Gasteiger charge is 2.30. The zero-order valence-corrected chi connectivity index (χ0v) is 24.3. The Morgan fingerprint density at radius 2 is 2.05 bits per heavy atom. The fourth-order valence-corrected chi connectivity index (χ4v) is 6.12. The minimum absolute atomic E-state index is 0.00626. The van der Waals surface area contributed by atoms with Gasteiger partial charge in [-0.25, -0.2) is 14.8 Å². The van der Waals surface area contributed by atoms with Crippen molar-refractivity contribution in [3.05, 3.63) is 35.1 Å². The van der Waals surface area contributed by atoms with Crippen LogP contribution in [0.25, 0.3) is 21.1 Å². The third-order valence-electron chi connectivity index (χ3n) is 6.68. The molecule has 4 aromatic rings. The van der Waals surface area contributed by atoms with E-state index in [4.69, 9.17) is 9.47 Å². The molecule has 12 heteroatoms. The predicted octanol–water partition coefficient (Wildman–Crippen LogP) is 4.80. The topological polar surface area (TPSA) is 134 Å². The Morgan fingerprint density at radius 3 is 2.83 bits per heavy atom. The van der Waals surface area contributed by atoms with Gasteiger partial charge in [0.1, 0.15) is 28.3 Å². The van der Waals surface area contributed by atoms with Gasteiger partial charge in [0.15, 0.2) is 0 Å². The van der Waals surface area contributed by atoms with E-state index in [1.807, 2.05) is 47.0 Å². The van der Waals surface area contributed by atoms with Gasteiger partial charge in [-0.15, -0.1) is 11.3 Å². The van der Waals surface area contributed by atoms with E-state index in [9.17, 15) is 9.59 Å². The molecule has 5 rings (SSSR count). The van der Waals surface area contributed by atoms with Crippen LogP contribution >= 0.6 is 11.3 Å². The van der Waals surface area contributed by atoms with Gasteiger partial charge in [0.2, 0.25) is 5.91 Å². The molecule has 0 saturated heterocycles. The number of amides is 2. The number of nitrogens with zero attached hydrogens (tertiary/aromatic N) is 4. The van der Waals surface area contributed by atoms with Crippen LogP contribution in [-0.4, -0.2) is 69.9 Å². The van der Waals surface area contributed by atoms with Gasteiger partial charge in [-0.1, -0.05) is 0 Å². The Labute approximate surface area is 236 Å². The van der Waals surface area contributed by atoms with Crippen LogP contribution in [0.1, 0.15) is 44.1 Å². The van der Waals surface area contributed by atoms with Crippen molar-refractivity contribution in [3.8, 4) is 5.75 Å². The van der Waals surface area contributed by atoms with E-state index < -0.39 is 11.7 Å². The Kier molecular flexibility index (Phi) is 7.79. The van der Waals surface area contributed by atoms with Crippen molar-refractivity contribution in [3.63, 3.8) is 0 Å². The van der Waals surface area contributed by atoms with Crippen molar-refractivity contribution >= 4 is 56.0 Å². The lowest BCUT2D eigenvalue weighted by Gasteiger charge is -2.24. The van der Waals surface area contributed by atoms with Crippen LogP contribution in [0, 0.1) is 5.92 Å². The molecule has 1 aromatic carbocycles. The number of H-pyrrole nitrogens is 1. The number of aromatic amines is 1. The Balaban J connectivity index is 1.34. The maximum absolute atomic E-state index is 12.6. The Hall–Kier alpha value is -3.93. The van der Waals surface area contributed by atoms with Crippen LogP contribution in [-0.2, 0) is 22.4 Å². The molecular weight excluding hydrogens is 530 g/mol. The third kappa shape index (κ3) is 6.11. The van der Waals surface area contributed by atoms with E-state index in [-0.39, 0.29) is 11.8 Å². The molecule has 212 valence electrons. The molecule has 0 radical (unpaired) electrons. The number of rotatable bonds is 8. The van der Waals surface area contributed by atoms with Crippen molar-refractivity contribution in [1.82, 2.24) is 30.4 Å². The number of ether oxygens (including phenoxy) is 2. The summed E-state index contributed by atoms with van der Waals surface area (Å²) in [7, 11) is 3.62. The number of aryl methyl sites for hydroxylation is 1. The molecule has 0 unspecified atom stereocenters. The lowest BCUT2D eigenvalue weighted by Crippen LogP contribution is -2.33. The van der Waals surface area contributed by atoms with Crippen molar-refractivity contribution in [2.45, 2.75) is 52.1 Å². The predicted molar refractivity (Wildman–Crippen MR) is 155 cm³/mol. The second-order valence-corrected chi connectivity index (χ2v) is 12.2. The van der Waals surface area contributed by atoms with Gasteiger partial charge in [-0.3, -0.25) is 9.89 Å². The summed E-state index contributed by atoms with van der Waals surface area (Å²) in [5, 5.41) is 15.3. The zero-order valence-electron chi connectivity index (χ0n) is 23.5. The number of hydrogen-bond acceptors (Lipinski definition) is 9. The number of aromatic nitrogens is 4. The molecule has 3 aromatic heterocycles. The molecule has 3 N–H and O–H groups in total. The second-order valence-electron chi connectivity index (χ2n) is 11.1. The minimum Gasteiger partial charge on any atom is -0.491 e. The molecule has 1 aliphatic rings. The first-order valence-electron chi connectivity index (χ1n) is 13.4. The van der Waals surface area contributed by atoms with Gasteiger partial charge in [-0.05, 0) is 58.1 Å². The van der Waals surface area contributed by atoms with Gasteiger partial charge < -0.3 is 25.0 Å². The highest BCUT2D eigenvalue weighted by atomic mass is 32.1. The quantitative estimate of drug-likeness (QED) is 0.260. The van der Waals surface area contributed by atoms with E-state index >= 15 is 0 Å². The van der Waals surface area contributed by atoms with E-state index in [0.29, 0.717) is 31.1 Å². The number of hydrogen-bond donors (Lipinski definition) is 3. The summed E-state index contributed by atoms with van der Waals surface area (Å²) in [6, 6.07) is 3.89. The van der Waals surface area contributed by atoms with E-state index in [1.165, 1.54) is 10.4 Å². The van der Waals surface area contributed by atoms with Gasteiger partial charge in [0.25, 0.3) is 0 Å². The lowest BCUT2D eigenvalue weighted by atomic mass is 9.87. The molecule has 40 heavy (non-hydrogen) atoms. The van der Waals surface area contributed by atoms with Gasteiger partial charge >= 0.3 is 6.09 Å². The van der Waals surface area contributed by atoms with Crippen molar-refractivity contribution < 1.29 is 19.1 Å². The number of alkyl carbamates (subject to hydrolysis) is 1. The highest BCUT2D eigenvalue weighted by Crippen LogP contribution is 2.42. The maximum atomic E-state index is 12.6. The van der Waals surface area contributed by atoms with Crippen LogP contribution in [0.3, 0.4) is 0 Å². The normalized spacial score (nSPS) is 15.1. The number of carbonyl (C=O) groups is 2. The van der Waals surface area contributed by atoms with Gasteiger partial charge in [0.05, 0.1) is 29.4 Å². The number of fused-ring (bicyclic) bond motifs is 4. The van der Waals surface area contributed by atoms with Crippen LogP contribution in [0.5, 0.6) is 5.75 Å². The molecule has 0 bridgehead atoms. The number of nitrogens with one attached hydrogen (secondary N) is 3. The number of anilines is 2. The van der Waals surface area contributed by atoms with E-state index in [0.717, 1.165) is 46.1 Å². The van der Waals surface area contributed by atoms with Crippen molar-refractivity contribution in [1.29, 1.82) is 0 Å². The second kappa shape index (κ2) is 11.3. The standard InChI is InChI=1S/C28H35N7O4S/c1-28(2,3)39-27(37)29-9-6-10-38-21-13-19-17(14-32-34-19)11-20(21)33-24-23-18-8-7-16(26(36)35(4)5)12-22(18)40-25(23)31-15-30-24/h11,13-16H,6-10,12H2,1-5H3,(H,29,37)(H,32,34)(H,30,31,33)/t16-/m0/s1. The molecule has 1 atom stereocenters. The molecule has 1 aliphatic carbocycles. The molecule has 3 heterocycles. The fourth-order valence-electron chi connectivity index (χ4n) is 4.86. The number of thiophene rings is 1. The average Bonchev–Trinajstić information content (AvgIpc) is 3.50. The largest absolute Gasteiger partial charge is 0.491 e. The number of carbonyl (C=O) groups excluding carboxylic acids is 2. The monoisotopic (exact) mass is 565 g/mol.